The van der Waals surface area contributed by atoms with Crippen LogP contribution in [-0.4, -0.2) is 22.3 Å². The van der Waals surface area contributed by atoms with E-state index in [1.807, 2.05) is 0 Å². The number of nitrogens with zero attached hydrogens (tertiary/aromatic N) is 1. The Labute approximate surface area is 69.9 Å². The lowest BCUT2D eigenvalue weighted by atomic mass is 10.3. The number of rotatable bonds is 1. The third-order valence-corrected chi connectivity index (χ3v) is 0.927. The molecule has 1 heterocycles. The van der Waals surface area contributed by atoms with Gasteiger partial charge in [-0.05, 0) is 19.1 Å². The van der Waals surface area contributed by atoms with Crippen LogP contribution in [0, 0.1) is 0 Å². The minimum Gasteiger partial charge on any atom is -0.478 e. The molecule has 0 fully saturated rings. The van der Waals surface area contributed by atoms with E-state index in [0.717, 1.165) is 6.29 Å². The molecule has 4 heteroatoms. The zero-order chi connectivity index (χ0) is 9.40. The second-order valence-electron chi connectivity index (χ2n) is 1.78. The van der Waals surface area contributed by atoms with Crippen molar-refractivity contribution in [3.05, 3.63) is 30.1 Å². The molecule has 0 saturated heterocycles. The lowest BCUT2D eigenvalue weighted by molar-refractivity contribution is -0.106. The van der Waals surface area contributed by atoms with Gasteiger partial charge in [0.2, 0.25) is 0 Å². The van der Waals surface area contributed by atoms with Crippen LogP contribution in [0.4, 0.5) is 0 Å². The summed E-state index contributed by atoms with van der Waals surface area (Å²) in [5.74, 6) is -0.919. The van der Waals surface area contributed by atoms with Gasteiger partial charge in [-0.25, -0.2) is 4.79 Å². The summed E-state index contributed by atoms with van der Waals surface area (Å²) in [7, 11) is 0. The molecular weight excluding hydrogens is 158 g/mol. The fourth-order valence-corrected chi connectivity index (χ4v) is 0.494. The topological polar surface area (TPSA) is 67.3 Å². The second-order valence-corrected chi connectivity index (χ2v) is 1.78. The summed E-state index contributed by atoms with van der Waals surface area (Å²) in [4.78, 5) is 22.6. The van der Waals surface area contributed by atoms with Crippen molar-refractivity contribution in [2.75, 3.05) is 0 Å². The van der Waals surface area contributed by atoms with E-state index in [0.29, 0.717) is 0 Å². The van der Waals surface area contributed by atoms with E-state index in [2.05, 4.69) is 4.98 Å². The summed E-state index contributed by atoms with van der Waals surface area (Å²) < 4.78 is 0. The van der Waals surface area contributed by atoms with Crippen LogP contribution in [0.15, 0.2) is 24.5 Å². The van der Waals surface area contributed by atoms with Crippen molar-refractivity contribution in [2.24, 2.45) is 0 Å². The number of hydrogen-bond acceptors (Lipinski definition) is 3. The predicted molar refractivity (Wildman–Crippen MR) is 42.9 cm³/mol. The summed E-state index contributed by atoms with van der Waals surface area (Å²) >= 11 is 0. The van der Waals surface area contributed by atoms with Crippen LogP contribution in [0.1, 0.15) is 17.3 Å². The van der Waals surface area contributed by atoms with Gasteiger partial charge in [-0.15, -0.1) is 0 Å². The van der Waals surface area contributed by atoms with Crippen molar-refractivity contribution in [1.29, 1.82) is 0 Å². The molecule has 0 amide bonds. The lowest BCUT2D eigenvalue weighted by Gasteiger charge is -1.87. The summed E-state index contributed by atoms with van der Waals surface area (Å²) in [6.07, 6.45) is 3.65. The van der Waals surface area contributed by atoms with Crippen LogP contribution >= 0.6 is 0 Å². The Kier molecular flexibility index (Phi) is 5.17. The minimum absolute atomic E-state index is 0.269. The molecule has 0 aliphatic carbocycles. The third kappa shape index (κ3) is 4.16. The van der Waals surface area contributed by atoms with E-state index < -0.39 is 5.97 Å². The number of carboxylic acid groups (broad SMARTS) is 1. The molecule has 0 saturated carbocycles. The van der Waals surface area contributed by atoms with E-state index in [4.69, 9.17) is 9.90 Å². The fourth-order valence-electron chi connectivity index (χ4n) is 0.494. The molecule has 64 valence electrons. The van der Waals surface area contributed by atoms with Crippen LogP contribution in [0.2, 0.25) is 0 Å². The fraction of sp³-hybridized carbons (Fsp3) is 0.125. The van der Waals surface area contributed by atoms with Gasteiger partial charge in [0.15, 0.2) is 0 Å². The molecule has 1 aromatic rings. The van der Waals surface area contributed by atoms with Crippen molar-refractivity contribution < 1.29 is 14.7 Å². The molecule has 0 atom stereocenters. The van der Waals surface area contributed by atoms with Gasteiger partial charge in [0, 0.05) is 12.4 Å². The average Bonchev–Trinajstić information content (AvgIpc) is 2.07. The predicted octanol–water partition coefficient (Wildman–Crippen LogP) is 0.985. The Bertz CT molecular complexity index is 246. The molecule has 4 nitrogen and oxygen atoms in total. The van der Waals surface area contributed by atoms with Crippen LogP contribution in [-0.2, 0) is 4.79 Å². The molecule has 0 spiro atoms. The first-order chi connectivity index (χ1) is 5.72. The van der Waals surface area contributed by atoms with Gasteiger partial charge in [-0.2, -0.15) is 0 Å². The molecule has 1 aromatic heterocycles. The highest BCUT2D eigenvalue weighted by atomic mass is 16.4. The maximum Gasteiger partial charge on any atom is 0.335 e. The van der Waals surface area contributed by atoms with Crippen molar-refractivity contribution in [3.63, 3.8) is 0 Å². The first-order valence-electron chi connectivity index (χ1n) is 3.25. The number of pyridine rings is 1. The Hall–Kier alpha value is -1.71. The largest absolute Gasteiger partial charge is 0.478 e. The van der Waals surface area contributed by atoms with Gasteiger partial charge in [-0.3, -0.25) is 4.98 Å². The van der Waals surface area contributed by atoms with E-state index in [9.17, 15) is 4.79 Å². The second kappa shape index (κ2) is 6.03. The molecular formula is C8H9NO3. The standard InChI is InChI=1S/C6H5NO2.C2H4O/c8-6(9)5-1-3-7-4-2-5;1-2-3/h1-4H,(H,8,9);2H,1H3. The summed E-state index contributed by atoms with van der Waals surface area (Å²) in [6, 6.07) is 2.89. The zero-order valence-electron chi connectivity index (χ0n) is 6.60. The van der Waals surface area contributed by atoms with Crippen molar-refractivity contribution in [3.8, 4) is 0 Å². The van der Waals surface area contributed by atoms with E-state index in [-0.39, 0.29) is 5.56 Å². The highest BCUT2D eigenvalue weighted by Gasteiger charge is 1.97. The molecule has 0 aliphatic heterocycles. The van der Waals surface area contributed by atoms with Crippen LogP contribution < -0.4 is 0 Å². The molecule has 0 unspecified atom stereocenters. The van der Waals surface area contributed by atoms with Crippen molar-refractivity contribution in [1.82, 2.24) is 4.98 Å². The molecule has 0 aromatic carbocycles. The quantitative estimate of drug-likeness (QED) is 0.633. The first-order valence-corrected chi connectivity index (χ1v) is 3.25. The Morgan fingerprint density at radius 2 is 1.92 bits per heavy atom. The number of aromatic carboxylic acids is 1. The summed E-state index contributed by atoms with van der Waals surface area (Å²) in [6.45, 7) is 1.44. The molecule has 1 N–H and O–H groups in total. The van der Waals surface area contributed by atoms with Crippen LogP contribution in [0.5, 0.6) is 0 Å². The zero-order valence-corrected chi connectivity index (χ0v) is 6.60. The third-order valence-electron chi connectivity index (χ3n) is 0.927. The molecule has 12 heavy (non-hydrogen) atoms. The van der Waals surface area contributed by atoms with E-state index >= 15 is 0 Å². The number of carbonyl (C=O) groups excluding carboxylic acids is 1. The number of hydrogen-bond donors (Lipinski definition) is 1. The van der Waals surface area contributed by atoms with Gasteiger partial charge in [0.25, 0.3) is 0 Å². The smallest absolute Gasteiger partial charge is 0.335 e. The van der Waals surface area contributed by atoms with Crippen molar-refractivity contribution in [2.45, 2.75) is 6.92 Å². The highest BCUT2D eigenvalue weighted by Crippen LogP contribution is 1.93. The lowest BCUT2D eigenvalue weighted by Crippen LogP contribution is -1.94. The van der Waals surface area contributed by atoms with Gasteiger partial charge < -0.3 is 9.90 Å². The van der Waals surface area contributed by atoms with Crippen molar-refractivity contribution >= 4 is 12.3 Å². The maximum atomic E-state index is 10.2. The van der Waals surface area contributed by atoms with Gasteiger partial charge in [-0.1, -0.05) is 0 Å². The molecule has 0 bridgehead atoms. The van der Waals surface area contributed by atoms with Gasteiger partial charge in [0.05, 0.1) is 5.56 Å². The SMILES string of the molecule is CC=O.O=C(O)c1ccncc1. The summed E-state index contributed by atoms with van der Waals surface area (Å²) in [5.41, 5.74) is 0.269. The molecule has 1 rings (SSSR count). The molecule has 0 radical (unpaired) electrons. The van der Waals surface area contributed by atoms with E-state index in [1.54, 1.807) is 0 Å². The number of aldehydes is 1. The van der Waals surface area contributed by atoms with Gasteiger partial charge in [0.1, 0.15) is 6.29 Å². The Morgan fingerprint density at radius 1 is 1.50 bits per heavy atom. The van der Waals surface area contributed by atoms with Crippen LogP contribution in [0.25, 0.3) is 0 Å². The minimum atomic E-state index is -0.919. The summed E-state index contributed by atoms with van der Waals surface area (Å²) in [5, 5.41) is 8.36. The number of carbonyl (C=O) groups is 2. The Morgan fingerprint density at radius 3 is 2.17 bits per heavy atom. The number of carboxylic acids is 1. The monoisotopic (exact) mass is 167 g/mol. The van der Waals surface area contributed by atoms with Crippen LogP contribution in [0.3, 0.4) is 0 Å². The Balaban J connectivity index is 0.000000354. The average molecular weight is 167 g/mol. The highest BCUT2D eigenvalue weighted by molar-refractivity contribution is 5.87. The maximum absolute atomic E-state index is 10.2. The normalized spacial score (nSPS) is 7.75. The molecule has 0 aliphatic rings. The number of aromatic nitrogens is 1. The van der Waals surface area contributed by atoms with E-state index in [1.165, 1.54) is 31.5 Å². The van der Waals surface area contributed by atoms with Gasteiger partial charge >= 0.3 is 5.97 Å². The first kappa shape index (κ1) is 10.3.